The number of hydrogen-bond donors (Lipinski definition) is 2. The molecule has 0 aliphatic carbocycles. The van der Waals surface area contributed by atoms with Gasteiger partial charge in [0.15, 0.2) is 0 Å². The third kappa shape index (κ3) is 3.24. The first-order valence-electron chi connectivity index (χ1n) is 7.31. The maximum absolute atomic E-state index is 12.8. The van der Waals surface area contributed by atoms with Crippen molar-refractivity contribution in [1.82, 2.24) is 10.2 Å². The Hall–Kier alpha value is -1.89. The largest absolute Gasteiger partial charge is 0.480 e. The van der Waals surface area contributed by atoms with Crippen LogP contribution in [0.5, 0.6) is 0 Å². The molecule has 1 fully saturated rings. The van der Waals surface area contributed by atoms with Crippen LogP contribution in [0, 0.1) is 5.92 Å². The molecule has 1 heterocycles. The monoisotopic (exact) mass is 382 g/mol. The highest BCUT2D eigenvalue weighted by molar-refractivity contribution is 9.10. The standard InChI is InChI=1S/C16H19BrN2O4/c1-9(2)8-12(13(20)21)19-14(22)16(3,18-15(19)23)10-4-6-11(17)7-5-10/h4-7,9,12H,8H2,1-3H3,(H,18,23)(H,20,21). The number of aliphatic carboxylic acids is 1. The summed E-state index contributed by atoms with van der Waals surface area (Å²) in [6.07, 6.45) is 0.213. The molecule has 1 saturated heterocycles. The van der Waals surface area contributed by atoms with Gasteiger partial charge in [0.25, 0.3) is 5.91 Å². The zero-order valence-electron chi connectivity index (χ0n) is 13.2. The van der Waals surface area contributed by atoms with Gasteiger partial charge in [0, 0.05) is 4.47 Å². The van der Waals surface area contributed by atoms with E-state index < -0.39 is 29.5 Å². The first kappa shape index (κ1) is 17.5. The summed E-state index contributed by atoms with van der Waals surface area (Å²) in [5, 5.41) is 12.0. The second kappa shape index (κ2) is 6.31. The molecule has 0 bridgehead atoms. The summed E-state index contributed by atoms with van der Waals surface area (Å²) in [6, 6.07) is 5.15. The van der Waals surface area contributed by atoms with Gasteiger partial charge in [-0.3, -0.25) is 4.79 Å². The van der Waals surface area contributed by atoms with Gasteiger partial charge in [-0.25, -0.2) is 14.5 Å². The van der Waals surface area contributed by atoms with E-state index in [4.69, 9.17) is 0 Å². The first-order valence-corrected chi connectivity index (χ1v) is 8.10. The third-order valence-electron chi connectivity index (χ3n) is 3.94. The minimum Gasteiger partial charge on any atom is -0.480 e. The van der Waals surface area contributed by atoms with E-state index >= 15 is 0 Å². The molecule has 6 nitrogen and oxygen atoms in total. The summed E-state index contributed by atoms with van der Waals surface area (Å²) >= 11 is 3.32. The normalized spacial score (nSPS) is 22.4. The van der Waals surface area contributed by atoms with Gasteiger partial charge in [0.2, 0.25) is 0 Å². The molecule has 2 rings (SSSR count). The highest BCUT2D eigenvalue weighted by Gasteiger charge is 2.52. The lowest BCUT2D eigenvalue weighted by molar-refractivity contribution is -0.148. The Balaban J connectivity index is 2.38. The van der Waals surface area contributed by atoms with Crippen LogP contribution in [0.1, 0.15) is 32.8 Å². The summed E-state index contributed by atoms with van der Waals surface area (Å²) in [4.78, 5) is 37.5. The number of rotatable bonds is 5. The number of carboxylic acids is 1. The predicted octanol–water partition coefficient (Wildman–Crippen LogP) is 2.72. The molecule has 0 radical (unpaired) electrons. The van der Waals surface area contributed by atoms with Crippen LogP contribution in [0.4, 0.5) is 4.79 Å². The van der Waals surface area contributed by atoms with Crippen LogP contribution in [0.25, 0.3) is 0 Å². The maximum atomic E-state index is 12.8. The Labute approximate surface area is 143 Å². The van der Waals surface area contributed by atoms with Crippen molar-refractivity contribution in [3.05, 3.63) is 34.3 Å². The number of halogens is 1. The van der Waals surface area contributed by atoms with Crippen molar-refractivity contribution >= 4 is 33.8 Å². The van der Waals surface area contributed by atoms with Crippen molar-refractivity contribution in [2.45, 2.75) is 38.8 Å². The van der Waals surface area contributed by atoms with Gasteiger partial charge < -0.3 is 10.4 Å². The van der Waals surface area contributed by atoms with E-state index in [1.807, 2.05) is 13.8 Å². The van der Waals surface area contributed by atoms with E-state index in [1.165, 1.54) is 0 Å². The van der Waals surface area contributed by atoms with Gasteiger partial charge in [-0.05, 0) is 37.0 Å². The molecule has 23 heavy (non-hydrogen) atoms. The molecule has 3 amide bonds. The number of benzene rings is 1. The van der Waals surface area contributed by atoms with Crippen molar-refractivity contribution in [1.29, 1.82) is 0 Å². The van der Waals surface area contributed by atoms with Gasteiger partial charge >= 0.3 is 12.0 Å². The van der Waals surface area contributed by atoms with Gasteiger partial charge in [0.1, 0.15) is 11.6 Å². The fourth-order valence-electron chi connectivity index (χ4n) is 2.69. The summed E-state index contributed by atoms with van der Waals surface area (Å²) in [6.45, 7) is 5.29. The molecule has 2 N–H and O–H groups in total. The van der Waals surface area contributed by atoms with Crippen molar-refractivity contribution in [3.63, 3.8) is 0 Å². The van der Waals surface area contributed by atoms with Crippen LogP contribution >= 0.6 is 15.9 Å². The molecule has 0 aromatic heterocycles. The average Bonchev–Trinajstić information content (AvgIpc) is 2.68. The highest BCUT2D eigenvalue weighted by Crippen LogP contribution is 2.32. The molecule has 1 aromatic carbocycles. The predicted molar refractivity (Wildman–Crippen MR) is 87.8 cm³/mol. The van der Waals surface area contributed by atoms with Crippen LogP contribution in [0.2, 0.25) is 0 Å². The Bertz CT molecular complexity index is 644. The fraction of sp³-hybridized carbons (Fsp3) is 0.438. The van der Waals surface area contributed by atoms with E-state index in [0.717, 1.165) is 9.37 Å². The molecule has 1 aliphatic heterocycles. The molecule has 2 atom stereocenters. The van der Waals surface area contributed by atoms with Gasteiger partial charge in [-0.1, -0.05) is 41.9 Å². The molecule has 2 unspecified atom stereocenters. The SMILES string of the molecule is CC(C)CC(C(=O)O)N1C(=O)NC(C)(c2ccc(Br)cc2)C1=O. The van der Waals surface area contributed by atoms with Crippen molar-refractivity contribution < 1.29 is 19.5 Å². The highest BCUT2D eigenvalue weighted by atomic mass is 79.9. The van der Waals surface area contributed by atoms with Crippen LogP contribution in [0.15, 0.2) is 28.7 Å². The Kier molecular flexibility index (Phi) is 4.79. The number of urea groups is 1. The second-order valence-corrected chi connectivity index (χ2v) is 7.14. The van der Waals surface area contributed by atoms with Crippen LogP contribution in [-0.4, -0.2) is 34.0 Å². The van der Waals surface area contributed by atoms with Crippen molar-refractivity contribution in [2.24, 2.45) is 5.92 Å². The first-order chi connectivity index (χ1) is 10.7. The Morgan fingerprint density at radius 1 is 1.30 bits per heavy atom. The molecule has 0 spiro atoms. The van der Waals surface area contributed by atoms with Gasteiger partial charge in [0.05, 0.1) is 0 Å². The molecular weight excluding hydrogens is 364 g/mol. The minimum absolute atomic E-state index is 0.0382. The smallest absolute Gasteiger partial charge is 0.327 e. The van der Waals surface area contributed by atoms with E-state index in [1.54, 1.807) is 31.2 Å². The summed E-state index contributed by atoms with van der Waals surface area (Å²) in [5.74, 6) is -1.68. The minimum atomic E-state index is -1.26. The summed E-state index contributed by atoms with van der Waals surface area (Å²) < 4.78 is 0.849. The van der Waals surface area contributed by atoms with Gasteiger partial charge in [-0.15, -0.1) is 0 Å². The lowest BCUT2D eigenvalue weighted by Crippen LogP contribution is -2.47. The lowest BCUT2D eigenvalue weighted by Gasteiger charge is -2.25. The number of hydrogen-bond acceptors (Lipinski definition) is 3. The van der Waals surface area contributed by atoms with E-state index in [2.05, 4.69) is 21.2 Å². The lowest BCUT2D eigenvalue weighted by atomic mass is 9.91. The Morgan fingerprint density at radius 2 is 1.87 bits per heavy atom. The summed E-state index contributed by atoms with van der Waals surface area (Å²) in [5.41, 5.74) is -0.655. The molecular formula is C16H19BrN2O4. The maximum Gasteiger partial charge on any atom is 0.327 e. The molecule has 7 heteroatoms. The van der Waals surface area contributed by atoms with Crippen molar-refractivity contribution in [2.75, 3.05) is 0 Å². The average molecular weight is 383 g/mol. The van der Waals surface area contributed by atoms with Crippen molar-refractivity contribution in [3.8, 4) is 0 Å². The second-order valence-electron chi connectivity index (χ2n) is 6.22. The number of carbonyl (C=O) groups excluding carboxylic acids is 2. The van der Waals surface area contributed by atoms with Crippen LogP contribution in [-0.2, 0) is 15.1 Å². The Morgan fingerprint density at radius 3 is 2.35 bits per heavy atom. The number of nitrogens with one attached hydrogen (secondary N) is 1. The van der Waals surface area contributed by atoms with Crippen LogP contribution in [0.3, 0.4) is 0 Å². The quantitative estimate of drug-likeness (QED) is 0.766. The van der Waals surface area contributed by atoms with E-state index in [0.29, 0.717) is 5.56 Å². The zero-order chi connectivity index (χ0) is 17.4. The number of carbonyl (C=O) groups is 3. The van der Waals surface area contributed by atoms with E-state index in [-0.39, 0.29) is 12.3 Å². The van der Waals surface area contributed by atoms with Gasteiger partial charge in [-0.2, -0.15) is 0 Å². The van der Waals surface area contributed by atoms with Crippen LogP contribution < -0.4 is 5.32 Å². The number of nitrogens with zero attached hydrogens (tertiary/aromatic N) is 1. The zero-order valence-corrected chi connectivity index (χ0v) is 14.8. The molecule has 1 aromatic rings. The molecule has 0 saturated carbocycles. The number of carboxylic acid groups (broad SMARTS) is 1. The topological polar surface area (TPSA) is 86.7 Å². The third-order valence-corrected chi connectivity index (χ3v) is 4.46. The molecule has 1 aliphatic rings. The summed E-state index contributed by atoms with van der Waals surface area (Å²) in [7, 11) is 0. The number of amides is 3. The fourth-order valence-corrected chi connectivity index (χ4v) is 2.95. The van der Waals surface area contributed by atoms with E-state index in [9.17, 15) is 19.5 Å². The molecule has 124 valence electrons. The number of imide groups is 1.